The van der Waals surface area contributed by atoms with Crippen molar-refractivity contribution in [3.8, 4) is 11.3 Å². The first-order valence-corrected chi connectivity index (χ1v) is 7.72. The van der Waals surface area contributed by atoms with Crippen LogP contribution >= 0.6 is 11.9 Å². The quantitative estimate of drug-likeness (QED) is 0.381. The average Bonchev–Trinajstić information content (AvgIpc) is 3.04. The lowest BCUT2D eigenvalue weighted by atomic mass is 10.1. The Morgan fingerprint density at radius 3 is 2.67 bits per heavy atom. The fraction of sp³-hybridized carbons (Fsp3) is 0.0588. The van der Waals surface area contributed by atoms with Crippen LogP contribution in [0.25, 0.3) is 11.3 Å². The predicted molar refractivity (Wildman–Crippen MR) is 88.4 cm³/mol. The standard InChI is InChI=1S/C17H14F4N2S/c1-2-16(15(21)7-11(19)9-18)23-24-12-8-17(22-10-12)13-5-3-4-6-14(13)20/h2-10,22-23H,1H3/b11-9-,15-7+,16-2+. The molecule has 126 valence electrons. The molecule has 0 aliphatic carbocycles. The first-order valence-electron chi connectivity index (χ1n) is 6.91. The fourth-order valence-electron chi connectivity index (χ4n) is 1.86. The summed E-state index contributed by atoms with van der Waals surface area (Å²) in [5, 5.41) is 0. The highest BCUT2D eigenvalue weighted by Crippen LogP contribution is 2.27. The van der Waals surface area contributed by atoms with E-state index < -0.39 is 11.7 Å². The number of hydrogen-bond donors (Lipinski definition) is 2. The highest BCUT2D eigenvalue weighted by Gasteiger charge is 2.09. The maximum absolute atomic E-state index is 13.7. The van der Waals surface area contributed by atoms with E-state index in [1.807, 2.05) is 0 Å². The van der Waals surface area contributed by atoms with Gasteiger partial charge in [-0.1, -0.05) is 18.2 Å². The minimum Gasteiger partial charge on any atom is -0.360 e. The van der Waals surface area contributed by atoms with Crippen molar-refractivity contribution in [2.75, 3.05) is 0 Å². The van der Waals surface area contributed by atoms with E-state index in [0.29, 0.717) is 22.2 Å². The molecule has 0 aliphatic rings. The van der Waals surface area contributed by atoms with Gasteiger partial charge in [0.25, 0.3) is 0 Å². The van der Waals surface area contributed by atoms with E-state index in [2.05, 4.69) is 9.71 Å². The molecule has 0 saturated heterocycles. The van der Waals surface area contributed by atoms with Crippen LogP contribution in [-0.4, -0.2) is 4.98 Å². The van der Waals surface area contributed by atoms with Gasteiger partial charge in [-0.25, -0.2) is 17.6 Å². The minimum atomic E-state index is -1.32. The van der Waals surface area contributed by atoms with Gasteiger partial charge in [0.15, 0.2) is 5.83 Å². The SMILES string of the molecule is C\C=C(NSc1c[nH]c(-c2ccccc2F)c1)/C(F)=C\C(F)=C\F. The first-order chi connectivity index (χ1) is 11.5. The zero-order valence-corrected chi connectivity index (χ0v) is 13.4. The van der Waals surface area contributed by atoms with Crippen molar-refractivity contribution in [1.82, 2.24) is 9.71 Å². The Kier molecular flexibility index (Phi) is 6.31. The van der Waals surface area contributed by atoms with Crippen molar-refractivity contribution in [1.29, 1.82) is 0 Å². The van der Waals surface area contributed by atoms with E-state index >= 15 is 0 Å². The summed E-state index contributed by atoms with van der Waals surface area (Å²) < 4.78 is 54.8. The molecule has 24 heavy (non-hydrogen) atoms. The van der Waals surface area contributed by atoms with Gasteiger partial charge in [-0.15, -0.1) is 0 Å². The lowest BCUT2D eigenvalue weighted by Crippen LogP contribution is -2.03. The summed E-state index contributed by atoms with van der Waals surface area (Å²) in [7, 11) is 0. The molecule has 0 fully saturated rings. The van der Waals surface area contributed by atoms with Gasteiger partial charge in [0.05, 0.1) is 5.70 Å². The van der Waals surface area contributed by atoms with Crippen molar-refractivity contribution in [3.63, 3.8) is 0 Å². The second-order valence-corrected chi connectivity index (χ2v) is 5.50. The zero-order valence-electron chi connectivity index (χ0n) is 12.6. The number of nitrogens with one attached hydrogen (secondary N) is 2. The molecule has 0 atom stereocenters. The van der Waals surface area contributed by atoms with Gasteiger partial charge in [0.2, 0.25) is 0 Å². The number of benzene rings is 1. The lowest BCUT2D eigenvalue weighted by molar-refractivity contribution is 0.587. The predicted octanol–water partition coefficient (Wildman–Crippen LogP) is 5.96. The second-order valence-electron chi connectivity index (χ2n) is 4.62. The Morgan fingerprint density at radius 1 is 1.25 bits per heavy atom. The van der Waals surface area contributed by atoms with Crippen LogP contribution in [0.5, 0.6) is 0 Å². The molecular weight excluding hydrogens is 340 g/mol. The van der Waals surface area contributed by atoms with E-state index in [4.69, 9.17) is 0 Å². The van der Waals surface area contributed by atoms with Gasteiger partial charge in [-0.3, -0.25) is 0 Å². The average molecular weight is 354 g/mol. The second kappa shape index (κ2) is 8.44. The summed E-state index contributed by atoms with van der Waals surface area (Å²) in [4.78, 5) is 3.60. The molecule has 1 aromatic carbocycles. The molecule has 0 unspecified atom stereocenters. The number of halogens is 4. The first kappa shape index (κ1) is 17.9. The molecule has 2 N–H and O–H groups in total. The third kappa shape index (κ3) is 4.55. The van der Waals surface area contributed by atoms with Crippen LogP contribution in [0, 0.1) is 5.82 Å². The Bertz CT molecular complexity index is 793. The zero-order chi connectivity index (χ0) is 17.5. The highest BCUT2D eigenvalue weighted by atomic mass is 32.2. The molecular formula is C17H14F4N2S. The van der Waals surface area contributed by atoms with Crippen LogP contribution in [0.15, 0.2) is 77.3 Å². The molecule has 0 amide bonds. The van der Waals surface area contributed by atoms with E-state index in [1.165, 1.54) is 12.1 Å². The molecule has 2 aromatic rings. The molecule has 1 aromatic heterocycles. The van der Waals surface area contributed by atoms with Crippen LogP contribution in [0.2, 0.25) is 0 Å². The van der Waals surface area contributed by atoms with Crippen LogP contribution in [-0.2, 0) is 0 Å². The molecule has 2 rings (SSSR count). The molecule has 0 aliphatic heterocycles. The summed E-state index contributed by atoms with van der Waals surface area (Å²) in [6, 6.07) is 7.99. The molecule has 7 heteroatoms. The number of hydrogen-bond acceptors (Lipinski definition) is 2. The number of aromatic amines is 1. The maximum Gasteiger partial charge on any atom is 0.154 e. The summed E-state index contributed by atoms with van der Waals surface area (Å²) in [5.41, 5.74) is 0.976. The fourth-order valence-corrected chi connectivity index (χ4v) is 2.60. The van der Waals surface area contributed by atoms with E-state index in [1.54, 1.807) is 37.4 Å². The van der Waals surface area contributed by atoms with Gasteiger partial charge in [-0.05, 0) is 37.1 Å². The van der Waals surface area contributed by atoms with Crippen molar-refractivity contribution in [2.45, 2.75) is 11.8 Å². The molecule has 0 bridgehead atoms. The Hall–Kier alpha value is -2.41. The summed E-state index contributed by atoms with van der Waals surface area (Å²) in [6.07, 6.45) is 3.11. The van der Waals surface area contributed by atoms with Crippen molar-refractivity contribution < 1.29 is 17.6 Å². The monoisotopic (exact) mass is 354 g/mol. The van der Waals surface area contributed by atoms with Gasteiger partial charge in [0.1, 0.15) is 18.0 Å². The Balaban J connectivity index is 2.08. The number of H-pyrrole nitrogens is 1. The normalized spacial score (nSPS) is 13.3. The largest absolute Gasteiger partial charge is 0.360 e. The minimum absolute atomic E-state index is 0.00867. The summed E-state index contributed by atoms with van der Waals surface area (Å²) in [5.74, 6) is -2.62. The van der Waals surface area contributed by atoms with Gasteiger partial charge in [-0.2, -0.15) is 0 Å². The van der Waals surface area contributed by atoms with Gasteiger partial charge >= 0.3 is 0 Å². The van der Waals surface area contributed by atoms with Crippen LogP contribution in [0.3, 0.4) is 0 Å². The van der Waals surface area contributed by atoms with Crippen LogP contribution < -0.4 is 4.72 Å². The Morgan fingerprint density at radius 2 is 2.00 bits per heavy atom. The van der Waals surface area contributed by atoms with Gasteiger partial charge < -0.3 is 9.71 Å². The van der Waals surface area contributed by atoms with Crippen molar-refractivity contribution in [2.24, 2.45) is 0 Å². The third-order valence-corrected chi connectivity index (χ3v) is 3.81. The van der Waals surface area contributed by atoms with Crippen LogP contribution in [0.4, 0.5) is 17.6 Å². The van der Waals surface area contributed by atoms with Gasteiger partial charge in [0, 0.05) is 28.4 Å². The molecule has 0 radical (unpaired) electrons. The van der Waals surface area contributed by atoms with E-state index in [0.717, 1.165) is 11.9 Å². The maximum atomic E-state index is 13.7. The lowest BCUT2D eigenvalue weighted by Gasteiger charge is -2.06. The van der Waals surface area contributed by atoms with E-state index in [9.17, 15) is 17.6 Å². The number of allylic oxidation sites excluding steroid dienone is 4. The van der Waals surface area contributed by atoms with E-state index in [-0.39, 0.29) is 17.8 Å². The van der Waals surface area contributed by atoms with Crippen molar-refractivity contribution in [3.05, 3.63) is 78.2 Å². The van der Waals surface area contributed by atoms with Crippen LogP contribution in [0.1, 0.15) is 6.92 Å². The molecule has 2 nitrogen and oxygen atoms in total. The number of aromatic nitrogens is 1. The number of rotatable bonds is 6. The summed E-state index contributed by atoms with van der Waals surface area (Å²) >= 11 is 1.05. The highest BCUT2D eigenvalue weighted by molar-refractivity contribution is 7.97. The molecule has 1 heterocycles. The Labute approximate surface area is 141 Å². The smallest absolute Gasteiger partial charge is 0.154 e. The molecule has 0 spiro atoms. The topological polar surface area (TPSA) is 27.8 Å². The molecule has 0 saturated carbocycles. The summed E-state index contributed by atoms with van der Waals surface area (Å²) in [6.45, 7) is 1.55. The van der Waals surface area contributed by atoms with Crippen molar-refractivity contribution >= 4 is 11.9 Å². The third-order valence-electron chi connectivity index (χ3n) is 3.01.